The lowest BCUT2D eigenvalue weighted by Gasteiger charge is -2.19. The van der Waals surface area contributed by atoms with Crippen LogP contribution in [0.2, 0.25) is 0 Å². The first-order valence-electron chi connectivity index (χ1n) is 6.38. The number of amidine groups is 1. The van der Waals surface area contributed by atoms with Crippen molar-refractivity contribution in [2.24, 2.45) is 17.9 Å². The summed E-state index contributed by atoms with van der Waals surface area (Å²) in [5.74, 6) is 0.120. The standard InChI is InChI=1S/C14H19N5O/c1-18(10-8-13-7-9-16-19(13)2)12-5-3-11(4-6-12)14(15)17-20/h3-7,9,20H,8,10H2,1-2H3,(H2,15,17). The molecule has 0 spiro atoms. The quantitative estimate of drug-likeness (QED) is 0.371. The van der Waals surface area contributed by atoms with Crippen molar-refractivity contribution in [1.29, 1.82) is 0 Å². The van der Waals surface area contributed by atoms with Crippen LogP contribution >= 0.6 is 0 Å². The maximum Gasteiger partial charge on any atom is 0.170 e. The minimum absolute atomic E-state index is 0.120. The number of nitrogens with two attached hydrogens (primary N) is 1. The van der Waals surface area contributed by atoms with Gasteiger partial charge in [-0.3, -0.25) is 4.68 Å². The molecule has 0 aliphatic heterocycles. The molecule has 1 aromatic carbocycles. The Morgan fingerprint density at radius 3 is 2.60 bits per heavy atom. The molecule has 0 amide bonds. The Morgan fingerprint density at radius 1 is 1.35 bits per heavy atom. The number of anilines is 1. The van der Waals surface area contributed by atoms with Crippen LogP contribution in [0, 0.1) is 0 Å². The summed E-state index contributed by atoms with van der Waals surface area (Å²) in [5.41, 5.74) is 8.53. The number of benzene rings is 1. The van der Waals surface area contributed by atoms with Crippen LogP contribution in [0.3, 0.4) is 0 Å². The highest BCUT2D eigenvalue weighted by Crippen LogP contribution is 2.14. The fourth-order valence-corrected chi connectivity index (χ4v) is 2.00. The van der Waals surface area contributed by atoms with Crippen LogP contribution in [0.25, 0.3) is 0 Å². The lowest BCUT2D eigenvalue weighted by atomic mass is 10.2. The van der Waals surface area contributed by atoms with Crippen LogP contribution in [0.1, 0.15) is 11.3 Å². The topological polar surface area (TPSA) is 79.7 Å². The minimum Gasteiger partial charge on any atom is -0.409 e. The van der Waals surface area contributed by atoms with Gasteiger partial charge in [0.15, 0.2) is 5.84 Å². The zero-order valence-electron chi connectivity index (χ0n) is 11.7. The molecule has 0 unspecified atom stereocenters. The second-order valence-corrected chi connectivity index (χ2v) is 4.65. The first-order valence-corrected chi connectivity index (χ1v) is 6.38. The van der Waals surface area contributed by atoms with Crippen LogP contribution < -0.4 is 10.6 Å². The summed E-state index contributed by atoms with van der Waals surface area (Å²) in [6.07, 6.45) is 2.73. The van der Waals surface area contributed by atoms with Crippen molar-refractivity contribution in [2.75, 3.05) is 18.5 Å². The van der Waals surface area contributed by atoms with Crippen molar-refractivity contribution in [3.8, 4) is 0 Å². The summed E-state index contributed by atoms with van der Waals surface area (Å²) < 4.78 is 1.88. The third-order valence-corrected chi connectivity index (χ3v) is 3.34. The Bertz CT molecular complexity index is 588. The van der Waals surface area contributed by atoms with Crippen LogP contribution in [-0.2, 0) is 13.5 Å². The first-order chi connectivity index (χ1) is 9.61. The molecule has 0 radical (unpaired) electrons. The molecule has 0 atom stereocenters. The highest BCUT2D eigenvalue weighted by atomic mass is 16.4. The van der Waals surface area contributed by atoms with Crippen LogP contribution in [0.15, 0.2) is 41.7 Å². The van der Waals surface area contributed by atoms with E-state index in [4.69, 9.17) is 10.9 Å². The van der Waals surface area contributed by atoms with Crippen molar-refractivity contribution >= 4 is 11.5 Å². The number of hydrogen-bond acceptors (Lipinski definition) is 4. The highest BCUT2D eigenvalue weighted by Gasteiger charge is 2.05. The van der Waals surface area contributed by atoms with Crippen LogP contribution in [0.5, 0.6) is 0 Å². The van der Waals surface area contributed by atoms with E-state index in [1.807, 2.05) is 49.1 Å². The number of hydrogen-bond donors (Lipinski definition) is 2. The maximum atomic E-state index is 8.63. The second-order valence-electron chi connectivity index (χ2n) is 4.65. The average molecular weight is 273 g/mol. The molecule has 0 saturated heterocycles. The second kappa shape index (κ2) is 6.10. The van der Waals surface area contributed by atoms with Crippen molar-refractivity contribution in [3.05, 3.63) is 47.8 Å². The number of nitrogens with zero attached hydrogens (tertiary/aromatic N) is 4. The molecule has 0 bridgehead atoms. The number of aryl methyl sites for hydroxylation is 1. The predicted molar refractivity (Wildman–Crippen MR) is 79.1 cm³/mol. The largest absolute Gasteiger partial charge is 0.409 e. The number of likely N-dealkylation sites (N-methyl/N-ethyl adjacent to an activating group) is 1. The molecule has 0 fully saturated rings. The number of oxime groups is 1. The van der Waals surface area contributed by atoms with Gasteiger partial charge in [0.25, 0.3) is 0 Å². The van der Waals surface area contributed by atoms with Gasteiger partial charge in [-0.25, -0.2) is 0 Å². The molecular weight excluding hydrogens is 254 g/mol. The SMILES string of the molecule is CN(CCc1ccnn1C)c1ccc(/C(N)=N/O)cc1. The summed E-state index contributed by atoms with van der Waals surface area (Å²) in [7, 11) is 3.98. The van der Waals surface area contributed by atoms with E-state index in [1.54, 1.807) is 6.20 Å². The number of aromatic nitrogens is 2. The van der Waals surface area contributed by atoms with Gasteiger partial charge in [0.05, 0.1) is 0 Å². The van der Waals surface area contributed by atoms with E-state index in [-0.39, 0.29) is 5.84 Å². The van der Waals surface area contributed by atoms with Gasteiger partial charge in [-0.2, -0.15) is 5.10 Å². The highest BCUT2D eigenvalue weighted by molar-refractivity contribution is 5.97. The summed E-state index contributed by atoms with van der Waals surface area (Å²) in [6.45, 7) is 0.891. The fraction of sp³-hybridized carbons (Fsp3) is 0.286. The first kappa shape index (κ1) is 13.9. The Labute approximate surface area is 118 Å². The molecule has 2 rings (SSSR count). The Hall–Kier alpha value is -2.50. The van der Waals surface area contributed by atoms with Gasteiger partial charge < -0.3 is 15.8 Å². The molecule has 2 aromatic rings. The van der Waals surface area contributed by atoms with E-state index in [0.29, 0.717) is 5.56 Å². The molecule has 20 heavy (non-hydrogen) atoms. The third kappa shape index (κ3) is 3.09. The van der Waals surface area contributed by atoms with E-state index in [9.17, 15) is 0 Å². The lowest BCUT2D eigenvalue weighted by molar-refractivity contribution is 0.318. The van der Waals surface area contributed by atoms with Crippen molar-refractivity contribution in [1.82, 2.24) is 9.78 Å². The molecule has 0 aliphatic carbocycles. The monoisotopic (exact) mass is 273 g/mol. The normalized spacial score (nSPS) is 11.6. The molecule has 0 saturated carbocycles. The lowest BCUT2D eigenvalue weighted by Crippen LogP contribution is -2.21. The molecular formula is C14H19N5O. The van der Waals surface area contributed by atoms with Crippen LogP contribution in [0.4, 0.5) is 5.69 Å². The summed E-state index contributed by atoms with van der Waals surface area (Å²) in [5, 5.41) is 15.8. The van der Waals surface area contributed by atoms with Crippen molar-refractivity contribution in [2.45, 2.75) is 6.42 Å². The zero-order valence-corrected chi connectivity index (χ0v) is 11.7. The van der Waals surface area contributed by atoms with Crippen molar-refractivity contribution < 1.29 is 5.21 Å². The summed E-state index contributed by atoms with van der Waals surface area (Å²) in [4.78, 5) is 2.16. The predicted octanol–water partition coefficient (Wildman–Crippen LogP) is 1.19. The smallest absolute Gasteiger partial charge is 0.170 e. The van der Waals surface area contributed by atoms with E-state index >= 15 is 0 Å². The van der Waals surface area contributed by atoms with E-state index < -0.39 is 0 Å². The third-order valence-electron chi connectivity index (χ3n) is 3.34. The van der Waals surface area contributed by atoms with Crippen molar-refractivity contribution in [3.63, 3.8) is 0 Å². The van der Waals surface area contributed by atoms with Gasteiger partial charge in [-0.05, 0) is 30.3 Å². The Balaban J connectivity index is 1.99. The van der Waals surface area contributed by atoms with E-state index in [2.05, 4.69) is 15.2 Å². The summed E-state index contributed by atoms with van der Waals surface area (Å²) in [6, 6.07) is 9.61. The van der Waals surface area contributed by atoms with Gasteiger partial charge in [0.1, 0.15) is 0 Å². The molecule has 1 aromatic heterocycles. The molecule has 3 N–H and O–H groups in total. The maximum absolute atomic E-state index is 8.63. The molecule has 106 valence electrons. The molecule has 1 heterocycles. The Kier molecular flexibility index (Phi) is 4.24. The fourth-order valence-electron chi connectivity index (χ4n) is 2.00. The average Bonchev–Trinajstić information content (AvgIpc) is 2.89. The molecule has 6 nitrogen and oxygen atoms in total. The number of rotatable bonds is 5. The van der Waals surface area contributed by atoms with Gasteiger partial charge in [0.2, 0.25) is 0 Å². The molecule has 6 heteroatoms. The zero-order chi connectivity index (χ0) is 14.5. The Morgan fingerprint density at radius 2 is 2.05 bits per heavy atom. The van der Waals surface area contributed by atoms with Gasteiger partial charge in [-0.1, -0.05) is 5.16 Å². The van der Waals surface area contributed by atoms with Crippen LogP contribution in [-0.4, -0.2) is 34.4 Å². The molecule has 0 aliphatic rings. The van der Waals surface area contributed by atoms with Gasteiger partial charge in [0, 0.05) is 50.2 Å². The van der Waals surface area contributed by atoms with Gasteiger partial charge in [-0.15, -0.1) is 0 Å². The van der Waals surface area contributed by atoms with Gasteiger partial charge >= 0.3 is 0 Å². The van der Waals surface area contributed by atoms with E-state index in [0.717, 1.165) is 18.7 Å². The minimum atomic E-state index is 0.120. The van der Waals surface area contributed by atoms with E-state index in [1.165, 1.54) is 5.69 Å². The summed E-state index contributed by atoms with van der Waals surface area (Å²) >= 11 is 0.